The lowest BCUT2D eigenvalue weighted by Crippen LogP contribution is -2.13. The molecule has 0 saturated heterocycles. The zero-order valence-electron chi connectivity index (χ0n) is 13.0. The van der Waals surface area contributed by atoms with Gasteiger partial charge in [0.2, 0.25) is 0 Å². The van der Waals surface area contributed by atoms with Gasteiger partial charge in [0, 0.05) is 17.8 Å². The Morgan fingerprint density at radius 2 is 1.88 bits per heavy atom. The van der Waals surface area contributed by atoms with Crippen LogP contribution < -0.4 is 10.1 Å². The Labute approximate surface area is 138 Å². The molecule has 122 valence electrons. The van der Waals surface area contributed by atoms with Crippen molar-refractivity contribution in [1.29, 1.82) is 5.26 Å². The summed E-state index contributed by atoms with van der Waals surface area (Å²) in [5.74, 6) is -0.479. The lowest BCUT2D eigenvalue weighted by atomic mass is 10.2. The lowest BCUT2D eigenvalue weighted by Gasteiger charge is -2.05. The van der Waals surface area contributed by atoms with Crippen molar-refractivity contribution < 1.29 is 23.5 Å². The third-order valence-electron chi connectivity index (χ3n) is 3.02. The van der Waals surface area contributed by atoms with Gasteiger partial charge < -0.3 is 19.2 Å². The molecule has 24 heavy (non-hydrogen) atoms. The molecule has 0 radical (unpaired) electrons. The monoisotopic (exact) mass is 326 g/mol. The maximum absolute atomic E-state index is 12.1. The fourth-order valence-electron chi connectivity index (χ4n) is 1.82. The maximum atomic E-state index is 12.1. The first kappa shape index (κ1) is 16.8. The fourth-order valence-corrected chi connectivity index (χ4v) is 1.82. The number of methoxy groups -OCH3 is 2. The van der Waals surface area contributed by atoms with Crippen LogP contribution in [0.2, 0.25) is 0 Å². The highest BCUT2D eigenvalue weighted by atomic mass is 16.6. The predicted octanol–water partition coefficient (Wildman–Crippen LogP) is 2.62. The van der Waals surface area contributed by atoms with Crippen molar-refractivity contribution in [3.63, 3.8) is 0 Å². The Balaban J connectivity index is 2.12. The van der Waals surface area contributed by atoms with E-state index in [1.807, 2.05) is 6.07 Å². The molecule has 7 nitrogen and oxygen atoms in total. The van der Waals surface area contributed by atoms with Crippen LogP contribution in [-0.2, 0) is 9.53 Å². The van der Waals surface area contributed by atoms with Gasteiger partial charge in [-0.15, -0.1) is 0 Å². The second-order valence-corrected chi connectivity index (χ2v) is 4.55. The van der Waals surface area contributed by atoms with Crippen LogP contribution in [0.25, 0.3) is 6.08 Å². The summed E-state index contributed by atoms with van der Waals surface area (Å²) in [6.07, 6.45) is 1.31. The standard InChI is InChI=1S/C17H14N2O5/c1-22-15-8-7-14(24-15)9-12(10-18)16(20)19-13-5-3-11(4-6-13)17(21)23-2/h3-9H,1-2H3,(H,19,20)/b12-9+. The molecule has 0 saturated carbocycles. The van der Waals surface area contributed by atoms with Crippen molar-refractivity contribution in [1.82, 2.24) is 0 Å². The number of nitriles is 1. The minimum atomic E-state index is -0.598. The van der Waals surface area contributed by atoms with Gasteiger partial charge in [0.1, 0.15) is 17.4 Å². The number of nitrogens with one attached hydrogen (secondary N) is 1. The molecule has 0 atom stereocenters. The number of hydrogen-bond donors (Lipinski definition) is 1. The Morgan fingerprint density at radius 1 is 1.17 bits per heavy atom. The number of furan rings is 1. The molecule has 0 bridgehead atoms. The number of amides is 1. The first-order chi connectivity index (χ1) is 11.6. The van der Waals surface area contributed by atoms with Crippen LogP contribution in [0.5, 0.6) is 5.95 Å². The Hall–Kier alpha value is -3.53. The third-order valence-corrected chi connectivity index (χ3v) is 3.02. The van der Waals surface area contributed by atoms with E-state index in [2.05, 4.69) is 10.1 Å². The van der Waals surface area contributed by atoms with Gasteiger partial charge in [0.15, 0.2) is 0 Å². The summed E-state index contributed by atoms with van der Waals surface area (Å²) in [7, 11) is 2.73. The first-order valence-electron chi connectivity index (χ1n) is 6.82. The van der Waals surface area contributed by atoms with E-state index >= 15 is 0 Å². The highest BCUT2D eigenvalue weighted by Crippen LogP contribution is 2.18. The van der Waals surface area contributed by atoms with Crippen LogP contribution in [0.15, 0.2) is 46.4 Å². The van der Waals surface area contributed by atoms with E-state index < -0.39 is 11.9 Å². The van der Waals surface area contributed by atoms with Crippen molar-refractivity contribution in [2.45, 2.75) is 0 Å². The predicted molar refractivity (Wildman–Crippen MR) is 85.3 cm³/mol. The van der Waals surface area contributed by atoms with Crippen LogP contribution in [0.4, 0.5) is 5.69 Å². The number of esters is 1. The molecule has 2 aromatic rings. The van der Waals surface area contributed by atoms with E-state index in [0.29, 0.717) is 17.0 Å². The van der Waals surface area contributed by atoms with Crippen LogP contribution in [-0.4, -0.2) is 26.1 Å². The van der Waals surface area contributed by atoms with E-state index in [1.54, 1.807) is 12.1 Å². The Bertz CT molecular complexity index is 812. The van der Waals surface area contributed by atoms with E-state index in [4.69, 9.17) is 14.4 Å². The van der Waals surface area contributed by atoms with Gasteiger partial charge in [-0.25, -0.2) is 4.79 Å². The normalized spacial score (nSPS) is 10.6. The second kappa shape index (κ2) is 7.65. The molecule has 0 aliphatic carbocycles. The molecule has 0 fully saturated rings. The highest BCUT2D eigenvalue weighted by molar-refractivity contribution is 6.09. The minimum absolute atomic E-state index is 0.135. The van der Waals surface area contributed by atoms with Gasteiger partial charge in [-0.05, 0) is 30.3 Å². The van der Waals surface area contributed by atoms with Gasteiger partial charge in [-0.2, -0.15) is 5.26 Å². The number of carbonyl (C=O) groups excluding carboxylic acids is 2. The van der Waals surface area contributed by atoms with Crippen molar-refractivity contribution in [2.75, 3.05) is 19.5 Å². The Kier molecular flexibility index (Phi) is 5.36. The molecule has 1 amide bonds. The summed E-state index contributed by atoms with van der Waals surface area (Å²) in [6, 6.07) is 11.1. The lowest BCUT2D eigenvalue weighted by molar-refractivity contribution is -0.112. The molecule has 2 rings (SSSR count). The van der Waals surface area contributed by atoms with Gasteiger partial charge in [0.05, 0.1) is 19.8 Å². The zero-order chi connectivity index (χ0) is 17.5. The summed E-state index contributed by atoms with van der Waals surface area (Å²) in [5, 5.41) is 11.7. The quantitative estimate of drug-likeness (QED) is 0.515. The van der Waals surface area contributed by atoms with Crippen LogP contribution >= 0.6 is 0 Å². The number of benzene rings is 1. The molecule has 0 spiro atoms. The molecule has 0 unspecified atom stereocenters. The van der Waals surface area contributed by atoms with E-state index in [-0.39, 0.29) is 11.5 Å². The first-order valence-corrected chi connectivity index (χ1v) is 6.82. The van der Waals surface area contributed by atoms with Crippen molar-refractivity contribution in [3.05, 3.63) is 53.3 Å². The highest BCUT2D eigenvalue weighted by Gasteiger charge is 2.12. The van der Waals surface area contributed by atoms with Gasteiger partial charge in [-0.3, -0.25) is 4.79 Å². The summed E-state index contributed by atoms with van der Waals surface area (Å²) >= 11 is 0. The zero-order valence-corrected chi connectivity index (χ0v) is 13.0. The van der Waals surface area contributed by atoms with Gasteiger partial charge >= 0.3 is 5.97 Å². The minimum Gasteiger partial charge on any atom is -0.468 e. The number of carbonyl (C=O) groups is 2. The molecule has 1 aromatic carbocycles. The molecule has 0 aliphatic heterocycles. The average molecular weight is 326 g/mol. The van der Waals surface area contributed by atoms with Crippen molar-refractivity contribution >= 4 is 23.6 Å². The largest absolute Gasteiger partial charge is 0.468 e. The smallest absolute Gasteiger partial charge is 0.337 e. The summed E-state index contributed by atoms with van der Waals surface area (Å²) in [5.41, 5.74) is 0.657. The molecular formula is C17H14N2O5. The second-order valence-electron chi connectivity index (χ2n) is 4.55. The molecule has 7 heteroatoms. The molecule has 1 heterocycles. The van der Waals surface area contributed by atoms with E-state index in [9.17, 15) is 9.59 Å². The maximum Gasteiger partial charge on any atom is 0.337 e. The SMILES string of the molecule is COC(=O)c1ccc(NC(=O)/C(C#N)=C/c2ccc(OC)o2)cc1. The van der Waals surface area contributed by atoms with Gasteiger partial charge in [0.25, 0.3) is 11.9 Å². The van der Waals surface area contributed by atoms with Gasteiger partial charge in [-0.1, -0.05) is 0 Å². The molecule has 0 aliphatic rings. The van der Waals surface area contributed by atoms with Crippen LogP contribution in [0, 0.1) is 11.3 Å². The number of anilines is 1. The number of hydrogen-bond acceptors (Lipinski definition) is 6. The summed E-state index contributed by atoms with van der Waals surface area (Å²) in [6.45, 7) is 0. The topological polar surface area (TPSA) is 102 Å². The Morgan fingerprint density at radius 3 is 2.42 bits per heavy atom. The van der Waals surface area contributed by atoms with Crippen molar-refractivity contribution in [3.8, 4) is 12.0 Å². The fraction of sp³-hybridized carbons (Fsp3) is 0.118. The van der Waals surface area contributed by atoms with E-state index in [1.165, 1.54) is 44.6 Å². The van der Waals surface area contributed by atoms with E-state index in [0.717, 1.165) is 0 Å². The molecule has 1 aromatic heterocycles. The number of nitrogens with zero attached hydrogens (tertiary/aromatic N) is 1. The number of rotatable bonds is 5. The van der Waals surface area contributed by atoms with Crippen molar-refractivity contribution in [2.24, 2.45) is 0 Å². The third kappa shape index (κ3) is 4.01. The van der Waals surface area contributed by atoms with Crippen LogP contribution in [0.3, 0.4) is 0 Å². The molecular weight excluding hydrogens is 312 g/mol. The number of ether oxygens (including phenoxy) is 2. The molecule has 1 N–H and O–H groups in total. The summed E-state index contributed by atoms with van der Waals surface area (Å²) in [4.78, 5) is 23.5. The average Bonchev–Trinajstić information content (AvgIpc) is 3.07. The van der Waals surface area contributed by atoms with Crippen LogP contribution in [0.1, 0.15) is 16.1 Å². The summed E-state index contributed by atoms with van der Waals surface area (Å²) < 4.78 is 14.7.